The average Bonchev–Trinajstić information content (AvgIpc) is 2.41. The second-order valence-electron chi connectivity index (χ2n) is 4.71. The fourth-order valence-corrected chi connectivity index (χ4v) is 2.87. The number of benzene rings is 1. The zero-order valence-corrected chi connectivity index (χ0v) is 14.0. The largest absolute Gasteiger partial charge is 0.425 e. The van der Waals surface area contributed by atoms with E-state index in [1.54, 1.807) is 6.07 Å². The highest BCUT2D eigenvalue weighted by atomic mass is 35.5. The van der Waals surface area contributed by atoms with Crippen molar-refractivity contribution in [2.45, 2.75) is 51.9 Å². The van der Waals surface area contributed by atoms with E-state index >= 15 is 0 Å². The first-order chi connectivity index (χ1) is 9.56. The lowest BCUT2D eigenvalue weighted by molar-refractivity contribution is 0.375. The molecule has 0 radical (unpaired) electrons. The molecule has 114 valence electrons. The molecule has 20 heavy (non-hydrogen) atoms. The van der Waals surface area contributed by atoms with Crippen LogP contribution in [-0.2, 0) is 6.42 Å². The first-order valence-corrected chi connectivity index (χ1v) is 8.81. The molecule has 3 nitrogen and oxygen atoms in total. The summed E-state index contributed by atoms with van der Waals surface area (Å²) in [6, 6.07) is 3.46. The Morgan fingerprint density at radius 2 is 1.65 bits per heavy atom. The lowest BCUT2D eigenvalue weighted by atomic mass is 10.0. The van der Waals surface area contributed by atoms with Crippen molar-refractivity contribution in [3.8, 4) is 5.75 Å². The van der Waals surface area contributed by atoms with Crippen LogP contribution in [0, 0.1) is 0 Å². The number of hydrogen-bond donors (Lipinski definition) is 2. The van der Waals surface area contributed by atoms with E-state index < -0.39 is 8.60 Å². The lowest BCUT2D eigenvalue weighted by Gasteiger charge is -2.11. The molecule has 0 bridgehead atoms. The predicted octanol–water partition coefficient (Wildman–Crippen LogP) is 5.49. The molecular formula is C14H21Cl2O3P. The zero-order chi connectivity index (χ0) is 15.0. The molecule has 0 aliphatic carbocycles. The second-order valence-corrected chi connectivity index (χ2v) is 6.16. The van der Waals surface area contributed by atoms with Crippen molar-refractivity contribution in [2.24, 2.45) is 0 Å². The minimum Gasteiger partial charge on any atom is -0.425 e. The quantitative estimate of drug-likeness (QED) is 0.462. The predicted molar refractivity (Wildman–Crippen MR) is 85.5 cm³/mol. The van der Waals surface area contributed by atoms with E-state index in [1.165, 1.54) is 32.1 Å². The first-order valence-electron chi connectivity index (χ1n) is 6.89. The van der Waals surface area contributed by atoms with E-state index in [4.69, 9.17) is 37.5 Å². The van der Waals surface area contributed by atoms with Crippen LogP contribution < -0.4 is 4.52 Å². The van der Waals surface area contributed by atoms with Gasteiger partial charge in [0, 0.05) is 0 Å². The number of hydrogen-bond acceptors (Lipinski definition) is 3. The summed E-state index contributed by atoms with van der Waals surface area (Å²) in [5.74, 6) is 0.208. The Labute approximate surface area is 131 Å². The Morgan fingerprint density at radius 1 is 1.00 bits per heavy atom. The van der Waals surface area contributed by atoms with E-state index in [0.29, 0.717) is 5.02 Å². The maximum atomic E-state index is 8.83. The van der Waals surface area contributed by atoms with Gasteiger partial charge in [-0.3, -0.25) is 0 Å². The number of rotatable bonds is 9. The molecule has 2 N–H and O–H groups in total. The van der Waals surface area contributed by atoms with Gasteiger partial charge in [-0.05, 0) is 24.5 Å². The lowest BCUT2D eigenvalue weighted by Crippen LogP contribution is -1.92. The molecule has 0 atom stereocenters. The Morgan fingerprint density at radius 3 is 2.30 bits per heavy atom. The number of halogens is 2. The molecule has 0 saturated heterocycles. The Hall–Kier alpha value is -0.0500. The fraction of sp³-hybridized carbons (Fsp3) is 0.571. The second kappa shape index (κ2) is 9.81. The van der Waals surface area contributed by atoms with Crippen LogP contribution in [0.4, 0.5) is 0 Å². The standard InChI is InChI=1S/C14H21Cl2O3P/c1-2-3-4-5-6-7-8-11-9-10-12(19-20(17)18)14(16)13(11)15/h9-10,17-18H,2-8H2,1H3. The van der Waals surface area contributed by atoms with E-state index in [0.717, 1.165) is 18.4 Å². The highest BCUT2D eigenvalue weighted by Crippen LogP contribution is 2.40. The van der Waals surface area contributed by atoms with Gasteiger partial charge in [0.15, 0.2) is 0 Å². The van der Waals surface area contributed by atoms with Gasteiger partial charge in [-0.2, -0.15) is 0 Å². The van der Waals surface area contributed by atoms with Crippen molar-refractivity contribution < 1.29 is 14.3 Å². The summed E-state index contributed by atoms with van der Waals surface area (Å²) in [6.45, 7) is 2.20. The number of aryl methyl sites for hydroxylation is 1. The molecular weight excluding hydrogens is 318 g/mol. The van der Waals surface area contributed by atoms with E-state index in [9.17, 15) is 0 Å². The summed E-state index contributed by atoms with van der Waals surface area (Å²) in [5.41, 5.74) is 0.972. The van der Waals surface area contributed by atoms with Gasteiger partial charge in [-0.25, -0.2) is 0 Å². The Balaban J connectivity index is 2.49. The van der Waals surface area contributed by atoms with Gasteiger partial charge < -0.3 is 14.3 Å². The molecule has 1 rings (SSSR count). The highest BCUT2D eigenvalue weighted by molar-refractivity contribution is 7.39. The monoisotopic (exact) mass is 338 g/mol. The van der Waals surface area contributed by atoms with Crippen LogP contribution in [0.1, 0.15) is 51.0 Å². The summed E-state index contributed by atoms with van der Waals surface area (Å²) >= 11 is 12.2. The van der Waals surface area contributed by atoms with Gasteiger partial charge >= 0.3 is 8.60 Å². The average molecular weight is 339 g/mol. The van der Waals surface area contributed by atoms with Gasteiger partial charge in [0.1, 0.15) is 10.8 Å². The van der Waals surface area contributed by atoms with Gasteiger partial charge in [-0.1, -0.05) is 68.3 Å². The van der Waals surface area contributed by atoms with E-state index in [-0.39, 0.29) is 10.8 Å². The summed E-state index contributed by atoms with van der Waals surface area (Å²) in [4.78, 5) is 17.7. The number of unbranched alkanes of at least 4 members (excludes halogenated alkanes) is 5. The molecule has 6 heteroatoms. The minimum absolute atomic E-state index is 0.208. The molecule has 0 aliphatic rings. The van der Waals surface area contributed by atoms with Crippen LogP contribution in [0.3, 0.4) is 0 Å². The van der Waals surface area contributed by atoms with Crippen molar-refractivity contribution in [1.82, 2.24) is 0 Å². The molecule has 0 saturated carbocycles. The van der Waals surface area contributed by atoms with Crippen LogP contribution in [0.25, 0.3) is 0 Å². The first kappa shape index (κ1) is 18.0. The molecule has 0 fully saturated rings. The SMILES string of the molecule is CCCCCCCCc1ccc(OP(O)O)c(Cl)c1Cl. The molecule has 0 unspecified atom stereocenters. The van der Waals surface area contributed by atoms with Gasteiger partial charge in [0.2, 0.25) is 0 Å². The molecule has 1 aromatic carbocycles. The van der Waals surface area contributed by atoms with Crippen molar-refractivity contribution in [3.63, 3.8) is 0 Å². The van der Waals surface area contributed by atoms with Crippen molar-refractivity contribution >= 4 is 31.8 Å². The Bertz CT molecular complexity index is 414. The highest BCUT2D eigenvalue weighted by Gasteiger charge is 2.13. The molecule has 1 aromatic rings. The maximum Gasteiger partial charge on any atom is 0.391 e. The van der Waals surface area contributed by atoms with Crippen LogP contribution in [-0.4, -0.2) is 9.79 Å². The van der Waals surface area contributed by atoms with Gasteiger partial charge in [0.05, 0.1) is 5.02 Å². The summed E-state index contributed by atoms with van der Waals surface area (Å²) in [5, 5.41) is 0.681. The van der Waals surface area contributed by atoms with Gasteiger partial charge in [0.25, 0.3) is 0 Å². The Kier molecular flexibility index (Phi) is 8.83. The van der Waals surface area contributed by atoms with E-state index in [1.807, 2.05) is 6.07 Å². The molecule has 0 heterocycles. The molecule has 0 aromatic heterocycles. The third kappa shape index (κ3) is 6.15. The topological polar surface area (TPSA) is 49.7 Å². The van der Waals surface area contributed by atoms with Gasteiger partial charge in [-0.15, -0.1) is 0 Å². The molecule has 0 spiro atoms. The third-order valence-electron chi connectivity index (χ3n) is 3.11. The van der Waals surface area contributed by atoms with Crippen molar-refractivity contribution in [3.05, 3.63) is 27.7 Å². The normalized spacial score (nSPS) is 11.1. The van der Waals surface area contributed by atoms with Crippen LogP contribution in [0.5, 0.6) is 5.75 Å². The zero-order valence-electron chi connectivity index (χ0n) is 11.6. The minimum atomic E-state index is -2.48. The van der Waals surface area contributed by atoms with Crippen LogP contribution >= 0.6 is 31.8 Å². The summed E-state index contributed by atoms with van der Waals surface area (Å²) < 4.78 is 4.81. The van der Waals surface area contributed by atoms with Crippen molar-refractivity contribution in [1.29, 1.82) is 0 Å². The van der Waals surface area contributed by atoms with Crippen LogP contribution in [0.2, 0.25) is 10.0 Å². The molecule has 0 aliphatic heterocycles. The summed E-state index contributed by atoms with van der Waals surface area (Å²) in [6.07, 6.45) is 8.22. The maximum absolute atomic E-state index is 8.83. The summed E-state index contributed by atoms with van der Waals surface area (Å²) in [7, 11) is -2.48. The van der Waals surface area contributed by atoms with Crippen LogP contribution in [0.15, 0.2) is 12.1 Å². The molecule has 0 amide bonds. The third-order valence-corrected chi connectivity index (χ3v) is 4.37. The smallest absolute Gasteiger partial charge is 0.391 e. The van der Waals surface area contributed by atoms with E-state index in [2.05, 4.69) is 6.92 Å². The fourth-order valence-electron chi connectivity index (χ4n) is 2.02. The van der Waals surface area contributed by atoms with Crippen molar-refractivity contribution in [2.75, 3.05) is 0 Å².